The number of hydrogen-bond acceptors (Lipinski definition) is 5. The van der Waals surface area contributed by atoms with Gasteiger partial charge >= 0.3 is 0 Å². The summed E-state index contributed by atoms with van der Waals surface area (Å²) in [5.41, 5.74) is 0.545. The van der Waals surface area contributed by atoms with Gasteiger partial charge in [0.05, 0.1) is 29.1 Å². The number of amides is 1. The Morgan fingerprint density at radius 3 is 2.83 bits per heavy atom. The second-order valence-electron chi connectivity index (χ2n) is 4.88. The van der Waals surface area contributed by atoms with E-state index in [4.69, 9.17) is 4.74 Å². The molecule has 0 atom stereocenters. The van der Waals surface area contributed by atoms with Crippen molar-refractivity contribution in [1.82, 2.24) is 8.94 Å². The van der Waals surface area contributed by atoms with E-state index in [0.717, 1.165) is 4.70 Å². The van der Waals surface area contributed by atoms with Gasteiger partial charge in [0.15, 0.2) is 0 Å². The number of benzene rings is 1. The average Bonchev–Trinajstić information content (AvgIpc) is 2.90. The number of aryl methyl sites for hydroxylation is 1. The number of carbonyl (C=O) groups is 1. The first-order valence-corrected chi connectivity index (χ1v) is 7.83. The van der Waals surface area contributed by atoms with Gasteiger partial charge in [0.25, 0.3) is 5.56 Å². The fourth-order valence-electron chi connectivity index (χ4n) is 2.17. The van der Waals surface area contributed by atoms with E-state index in [1.165, 1.54) is 24.8 Å². The zero-order valence-electron chi connectivity index (χ0n) is 12.5. The van der Waals surface area contributed by atoms with Crippen LogP contribution in [-0.4, -0.2) is 22.0 Å². The summed E-state index contributed by atoms with van der Waals surface area (Å²) in [6.07, 6.45) is 1.75. The van der Waals surface area contributed by atoms with Crippen LogP contribution < -0.4 is 15.6 Å². The Hall–Kier alpha value is -2.67. The molecule has 0 aliphatic rings. The van der Waals surface area contributed by atoms with Gasteiger partial charge in [-0.3, -0.25) is 13.5 Å². The Morgan fingerprint density at radius 1 is 1.30 bits per heavy atom. The van der Waals surface area contributed by atoms with E-state index in [-0.39, 0.29) is 17.9 Å². The lowest BCUT2D eigenvalue weighted by atomic mass is 10.3. The monoisotopic (exact) mass is 329 g/mol. The van der Waals surface area contributed by atoms with Gasteiger partial charge in [0.2, 0.25) is 11.8 Å². The first-order valence-electron chi connectivity index (χ1n) is 7.06. The maximum absolute atomic E-state index is 12.2. The van der Waals surface area contributed by atoms with Crippen molar-refractivity contribution in [3.8, 4) is 5.88 Å². The summed E-state index contributed by atoms with van der Waals surface area (Å²) in [5.74, 6) is 0.321. The van der Waals surface area contributed by atoms with Crippen LogP contribution >= 0.6 is 11.5 Å². The van der Waals surface area contributed by atoms with E-state index in [2.05, 4.69) is 10.3 Å². The molecule has 1 N–H and O–H groups in total. The van der Waals surface area contributed by atoms with E-state index in [9.17, 15) is 9.59 Å². The molecule has 3 aromatic rings. The minimum atomic E-state index is -0.165. The summed E-state index contributed by atoms with van der Waals surface area (Å²) < 4.78 is 7.50. The largest absolute Gasteiger partial charge is 0.481 e. The van der Waals surface area contributed by atoms with Gasteiger partial charge < -0.3 is 10.1 Å². The number of hydrogen-bond donors (Lipinski definition) is 1. The highest BCUT2D eigenvalue weighted by molar-refractivity contribution is 7.13. The summed E-state index contributed by atoms with van der Waals surface area (Å²) in [6, 6.07) is 10.8. The molecule has 0 unspecified atom stereocenters. The van der Waals surface area contributed by atoms with Crippen molar-refractivity contribution in [2.75, 3.05) is 12.4 Å². The lowest BCUT2D eigenvalue weighted by Gasteiger charge is -2.05. The van der Waals surface area contributed by atoms with Gasteiger partial charge in [0.1, 0.15) is 0 Å². The molecular weight excluding hydrogens is 314 g/mol. The zero-order valence-corrected chi connectivity index (χ0v) is 13.3. The number of fused-ring (bicyclic) bond motifs is 1. The molecule has 7 heteroatoms. The Morgan fingerprint density at radius 2 is 2.13 bits per heavy atom. The van der Waals surface area contributed by atoms with E-state index < -0.39 is 0 Å². The fraction of sp³-hybridized carbons (Fsp3) is 0.188. The Kier molecular flexibility index (Phi) is 4.38. The van der Waals surface area contributed by atoms with Crippen LogP contribution in [0.1, 0.15) is 6.42 Å². The minimum Gasteiger partial charge on any atom is -0.481 e. The van der Waals surface area contributed by atoms with Crippen LogP contribution in [-0.2, 0) is 11.3 Å². The van der Waals surface area contributed by atoms with Crippen molar-refractivity contribution in [2.45, 2.75) is 13.0 Å². The van der Waals surface area contributed by atoms with Crippen molar-refractivity contribution in [1.29, 1.82) is 0 Å². The van der Waals surface area contributed by atoms with Crippen molar-refractivity contribution in [3.63, 3.8) is 0 Å². The molecule has 0 aliphatic heterocycles. The average molecular weight is 329 g/mol. The SMILES string of the molecule is COc1ccc(NC(=O)CCn2sc3ccccc3c2=O)cn1. The molecule has 3 rings (SSSR count). The number of methoxy groups -OCH3 is 1. The maximum atomic E-state index is 12.2. The number of nitrogens with zero attached hydrogens (tertiary/aromatic N) is 2. The lowest BCUT2D eigenvalue weighted by molar-refractivity contribution is -0.116. The highest BCUT2D eigenvalue weighted by Crippen LogP contribution is 2.16. The van der Waals surface area contributed by atoms with Crippen LogP contribution in [0.5, 0.6) is 5.88 Å². The Bertz CT molecular complexity index is 883. The van der Waals surface area contributed by atoms with Crippen molar-refractivity contribution in [2.24, 2.45) is 0 Å². The van der Waals surface area contributed by atoms with Crippen molar-refractivity contribution < 1.29 is 9.53 Å². The molecule has 1 amide bonds. The molecule has 1 aromatic carbocycles. The van der Waals surface area contributed by atoms with Gasteiger partial charge in [-0.15, -0.1) is 0 Å². The van der Waals surface area contributed by atoms with Gasteiger partial charge in [0, 0.05) is 19.0 Å². The van der Waals surface area contributed by atoms with E-state index in [1.807, 2.05) is 18.2 Å². The first kappa shape index (κ1) is 15.2. The van der Waals surface area contributed by atoms with Crippen LogP contribution in [0, 0.1) is 0 Å². The third kappa shape index (κ3) is 3.40. The smallest absolute Gasteiger partial charge is 0.268 e. The number of nitrogens with one attached hydrogen (secondary N) is 1. The molecule has 0 radical (unpaired) electrons. The van der Waals surface area contributed by atoms with Crippen LogP contribution in [0.3, 0.4) is 0 Å². The molecule has 2 aromatic heterocycles. The normalized spacial score (nSPS) is 10.7. The van der Waals surface area contributed by atoms with E-state index in [0.29, 0.717) is 23.5 Å². The third-order valence-corrected chi connectivity index (χ3v) is 4.45. The number of pyridine rings is 1. The van der Waals surface area contributed by atoms with Gasteiger partial charge in [-0.1, -0.05) is 23.7 Å². The minimum absolute atomic E-state index is 0.0514. The molecule has 0 fully saturated rings. The number of rotatable bonds is 5. The summed E-state index contributed by atoms with van der Waals surface area (Å²) in [6.45, 7) is 0.355. The van der Waals surface area contributed by atoms with Crippen LogP contribution in [0.2, 0.25) is 0 Å². The number of aromatic nitrogens is 2. The van der Waals surface area contributed by atoms with Gasteiger partial charge in [-0.25, -0.2) is 4.98 Å². The molecular formula is C16H15N3O3S. The molecule has 0 spiro atoms. The van der Waals surface area contributed by atoms with Gasteiger partial charge in [-0.2, -0.15) is 0 Å². The topological polar surface area (TPSA) is 73.2 Å². The molecule has 0 saturated heterocycles. The summed E-state index contributed by atoms with van der Waals surface area (Å²) in [7, 11) is 1.53. The number of carbonyl (C=O) groups excluding carboxylic acids is 1. The molecule has 0 aliphatic carbocycles. The maximum Gasteiger partial charge on any atom is 0.268 e. The molecule has 118 valence electrons. The van der Waals surface area contributed by atoms with Crippen LogP contribution in [0.25, 0.3) is 10.1 Å². The molecule has 0 bridgehead atoms. The third-order valence-electron chi connectivity index (χ3n) is 3.32. The number of ether oxygens (including phenoxy) is 1. The molecule has 23 heavy (non-hydrogen) atoms. The Balaban J connectivity index is 1.63. The van der Waals surface area contributed by atoms with E-state index >= 15 is 0 Å². The highest BCUT2D eigenvalue weighted by Gasteiger charge is 2.09. The van der Waals surface area contributed by atoms with E-state index in [1.54, 1.807) is 22.2 Å². The predicted octanol–water partition coefficient (Wildman–Crippen LogP) is 2.50. The molecule has 6 nitrogen and oxygen atoms in total. The van der Waals surface area contributed by atoms with Crippen molar-refractivity contribution in [3.05, 3.63) is 52.9 Å². The molecule has 2 heterocycles. The van der Waals surface area contributed by atoms with Crippen molar-refractivity contribution >= 4 is 33.2 Å². The fourth-order valence-corrected chi connectivity index (χ4v) is 3.16. The zero-order chi connectivity index (χ0) is 16.2. The summed E-state index contributed by atoms with van der Waals surface area (Å²) >= 11 is 1.37. The summed E-state index contributed by atoms with van der Waals surface area (Å²) in [4.78, 5) is 28.2. The van der Waals surface area contributed by atoms with Crippen LogP contribution in [0.15, 0.2) is 47.4 Å². The first-order chi connectivity index (χ1) is 11.2. The highest BCUT2D eigenvalue weighted by atomic mass is 32.1. The Labute approximate surface area is 136 Å². The number of anilines is 1. The summed E-state index contributed by atoms with van der Waals surface area (Å²) in [5, 5.41) is 3.44. The molecule has 0 saturated carbocycles. The lowest BCUT2D eigenvalue weighted by Crippen LogP contribution is -2.19. The standard InChI is InChI=1S/C16H15N3O3S/c1-22-15-7-6-11(10-17-15)18-14(20)8-9-19-16(21)12-4-2-3-5-13(12)23-19/h2-7,10H,8-9H2,1H3,(H,18,20). The quantitative estimate of drug-likeness (QED) is 0.780. The predicted molar refractivity (Wildman–Crippen MR) is 90.1 cm³/mol. The second kappa shape index (κ2) is 6.62. The second-order valence-corrected chi connectivity index (χ2v) is 5.95. The van der Waals surface area contributed by atoms with Crippen LogP contribution in [0.4, 0.5) is 5.69 Å². The van der Waals surface area contributed by atoms with Gasteiger partial charge in [-0.05, 0) is 18.2 Å².